The summed E-state index contributed by atoms with van der Waals surface area (Å²) in [7, 11) is 0. The summed E-state index contributed by atoms with van der Waals surface area (Å²) in [6.07, 6.45) is 2.68. The number of anilines is 1. The molecule has 4 aromatic rings. The average Bonchev–Trinajstić information content (AvgIpc) is 3.34. The lowest BCUT2D eigenvalue weighted by molar-refractivity contribution is -0.142. The van der Waals surface area contributed by atoms with E-state index in [1.165, 1.54) is 12.4 Å². The minimum absolute atomic E-state index is 0.0459. The van der Waals surface area contributed by atoms with Crippen molar-refractivity contribution in [3.63, 3.8) is 0 Å². The van der Waals surface area contributed by atoms with Gasteiger partial charge in [0, 0.05) is 49.5 Å². The highest BCUT2D eigenvalue weighted by Crippen LogP contribution is 2.35. The van der Waals surface area contributed by atoms with E-state index in [-0.39, 0.29) is 5.91 Å². The fraction of sp³-hybridized carbons (Fsp3) is 0.346. The van der Waals surface area contributed by atoms with Crippen LogP contribution in [-0.2, 0) is 9.53 Å². The van der Waals surface area contributed by atoms with E-state index in [1.54, 1.807) is 4.90 Å². The van der Waals surface area contributed by atoms with Crippen LogP contribution in [0.3, 0.4) is 0 Å². The minimum Gasteiger partial charge on any atom is -0.486 e. The Morgan fingerprint density at radius 2 is 1.87 bits per heavy atom. The largest absolute Gasteiger partial charge is 0.486 e. The number of H-pyrrole nitrogens is 1. The molecule has 1 aromatic carbocycles. The van der Waals surface area contributed by atoms with Gasteiger partial charge >= 0.3 is 0 Å². The van der Waals surface area contributed by atoms with Crippen LogP contribution in [0.15, 0.2) is 42.7 Å². The summed E-state index contributed by atoms with van der Waals surface area (Å²) in [5.74, 6) is 1.23. The summed E-state index contributed by atoms with van der Waals surface area (Å²) in [4.78, 5) is 20.6. The molecule has 5 heterocycles. The molecular formula is C26H26Cl2N8O3. The van der Waals surface area contributed by atoms with Gasteiger partial charge in [-0.15, -0.1) is 10.2 Å². The van der Waals surface area contributed by atoms with Crippen LogP contribution in [0.1, 0.15) is 18.6 Å². The molecule has 1 amide bonds. The second kappa shape index (κ2) is 10.2. The number of nitrogens with two attached hydrogens (primary N) is 1. The van der Waals surface area contributed by atoms with Gasteiger partial charge in [0.2, 0.25) is 5.91 Å². The molecule has 11 nitrogen and oxygen atoms in total. The highest BCUT2D eigenvalue weighted by molar-refractivity contribution is 6.35. The number of hydrogen-bond donors (Lipinski definition) is 2. The van der Waals surface area contributed by atoms with Gasteiger partial charge in [-0.2, -0.15) is 5.10 Å². The van der Waals surface area contributed by atoms with Crippen LogP contribution < -0.4 is 15.4 Å². The zero-order chi connectivity index (χ0) is 27.1. The molecule has 202 valence electrons. The summed E-state index contributed by atoms with van der Waals surface area (Å²) < 4.78 is 11.5. The Kier molecular flexibility index (Phi) is 6.76. The third-order valence-corrected chi connectivity index (χ3v) is 7.63. The number of amides is 1. The topological polar surface area (TPSA) is 135 Å². The van der Waals surface area contributed by atoms with E-state index in [1.807, 2.05) is 42.2 Å². The number of rotatable bonds is 6. The lowest BCUT2D eigenvalue weighted by atomic mass is 9.89. The average molecular weight is 569 g/mol. The van der Waals surface area contributed by atoms with E-state index in [2.05, 4.69) is 25.4 Å². The van der Waals surface area contributed by atoms with Crippen LogP contribution in [0, 0.1) is 0 Å². The van der Waals surface area contributed by atoms with Crippen LogP contribution >= 0.6 is 23.2 Å². The van der Waals surface area contributed by atoms with E-state index in [0.29, 0.717) is 78.0 Å². The number of aromatic amines is 1. The van der Waals surface area contributed by atoms with Gasteiger partial charge in [-0.25, -0.2) is 0 Å². The third-order valence-electron chi connectivity index (χ3n) is 7.03. The second-order valence-electron chi connectivity index (χ2n) is 9.75. The molecule has 6 rings (SSSR count). The molecule has 0 aliphatic carbocycles. The zero-order valence-corrected chi connectivity index (χ0v) is 22.6. The maximum Gasteiger partial charge on any atom is 0.246 e. The first-order valence-electron chi connectivity index (χ1n) is 12.5. The summed E-state index contributed by atoms with van der Waals surface area (Å²) in [6, 6.07) is 9.33. The lowest BCUT2D eigenvalue weighted by Crippen LogP contribution is -2.75. The molecule has 3 N–H and O–H groups in total. The van der Waals surface area contributed by atoms with Crippen molar-refractivity contribution >= 4 is 45.8 Å². The molecule has 0 spiro atoms. The van der Waals surface area contributed by atoms with Gasteiger partial charge in [-0.1, -0.05) is 23.2 Å². The van der Waals surface area contributed by atoms with Crippen LogP contribution in [0.5, 0.6) is 5.75 Å². The van der Waals surface area contributed by atoms with Crippen molar-refractivity contribution in [1.82, 2.24) is 30.3 Å². The maximum absolute atomic E-state index is 12.9. The molecule has 3 aromatic heterocycles. The number of aromatic nitrogens is 5. The number of ether oxygens (including phenoxy) is 2. The molecule has 0 saturated carbocycles. The number of hydrogen-bond acceptors (Lipinski definition) is 9. The van der Waals surface area contributed by atoms with Gasteiger partial charge in [0.1, 0.15) is 28.8 Å². The Hall–Kier alpha value is -3.51. The number of pyridine rings is 1. The third kappa shape index (κ3) is 4.87. The highest BCUT2D eigenvalue weighted by atomic mass is 35.5. The normalized spacial score (nSPS) is 17.6. The fourth-order valence-corrected chi connectivity index (χ4v) is 5.64. The highest BCUT2D eigenvalue weighted by Gasteiger charge is 2.48. The van der Waals surface area contributed by atoms with Gasteiger partial charge < -0.3 is 25.0 Å². The first kappa shape index (κ1) is 25.8. The number of fused-ring (bicyclic) bond motifs is 1. The predicted octanol–water partition coefficient (Wildman–Crippen LogP) is 3.24. The SMILES string of the molecule is C[C@@H](Oc1ccc2[nH]nc(-c3ccc(N4CC(N)(C(=O)N5CCOCC5)C4)nn3)c2c1)c1c(Cl)cncc1Cl. The van der Waals surface area contributed by atoms with Crippen LogP contribution in [0.4, 0.5) is 5.82 Å². The number of nitrogens with zero attached hydrogens (tertiary/aromatic N) is 6. The van der Waals surface area contributed by atoms with Crippen molar-refractivity contribution in [2.45, 2.75) is 18.6 Å². The summed E-state index contributed by atoms with van der Waals surface area (Å²) in [5.41, 5.74) is 8.22. The molecule has 2 aliphatic heterocycles. The standard InChI is InChI=1S/C26H26Cl2N8O3/c1-15(23-18(27)11-30-12-19(23)28)39-16-2-3-20-17(10-16)24(34-31-20)21-4-5-22(33-32-21)36-13-26(29,14-36)25(37)35-6-8-38-9-7-35/h2-5,10-12,15H,6-9,13-14,29H2,1H3,(H,31,34)/t15-/m1/s1. The molecule has 0 radical (unpaired) electrons. The lowest BCUT2D eigenvalue weighted by Gasteiger charge is -2.48. The van der Waals surface area contributed by atoms with Gasteiger partial charge in [0.05, 0.1) is 28.8 Å². The molecule has 0 unspecified atom stereocenters. The number of carbonyl (C=O) groups is 1. The van der Waals surface area contributed by atoms with Gasteiger partial charge in [0.25, 0.3) is 0 Å². The van der Waals surface area contributed by atoms with Crippen LogP contribution in [0.2, 0.25) is 10.0 Å². The van der Waals surface area contributed by atoms with E-state index in [0.717, 1.165) is 10.9 Å². The van der Waals surface area contributed by atoms with Crippen LogP contribution in [0.25, 0.3) is 22.3 Å². The fourth-order valence-electron chi connectivity index (χ4n) is 4.97. The zero-order valence-electron chi connectivity index (χ0n) is 21.1. The number of morpholine rings is 1. The van der Waals surface area contributed by atoms with Crippen LogP contribution in [-0.4, -0.2) is 81.1 Å². The molecule has 0 bridgehead atoms. The molecule has 39 heavy (non-hydrogen) atoms. The van der Waals surface area contributed by atoms with E-state index >= 15 is 0 Å². The Balaban J connectivity index is 1.17. The number of halogens is 2. The molecule has 13 heteroatoms. The Bertz CT molecular complexity index is 1500. The van der Waals surface area contributed by atoms with E-state index in [4.69, 9.17) is 38.4 Å². The first-order valence-corrected chi connectivity index (χ1v) is 13.3. The molecule has 2 fully saturated rings. The van der Waals surface area contributed by atoms with E-state index in [9.17, 15) is 4.79 Å². The van der Waals surface area contributed by atoms with Gasteiger partial charge in [-0.3, -0.25) is 14.9 Å². The first-order chi connectivity index (χ1) is 18.8. The van der Waals surface area contributed by atoms with E-state index < -0.39 is 11.6 Å². The molecule has 2 aliphatic rings. The molecule has 2 saturated heterocycles. The quantitative estimate of drug-likeness (QED) is 0.359. The molecular weight excluding hydrogens is 543 g/mol. The van der Waals surface area contributed by atoms with Crippen molar-refractivity contribution in [1.29, 1.82) is 0 Å². The minimum atomic E-state index is -0.922. The monoisotopic (exact) mass is 568 g/mol. The predicted molar refractivity (Wildman–Crippen MR) is 147 cm³/mol. The molecule has 1 atom stereocenters. The summed E-state index contributed by atoms with van der Waals surface area (Å²) in [5, 5.41) is 18.0. The van der Waals surface area contributed by atoms with Gasteiger partial charge in [-0.05, 0) is 37.3 Å². The Morgan fingerprint density at radius 1 is 1.13 bits per heavy atom. The van der Waals surface area contributed by atoms with Crippen molar-refractivity contribution in [2.24, 2.45) is 5.73 Å². The van der Waals surface area contributed by atoms with Gasteiger partial charge in [0.15, 0.2) is 5.82 Å². The summed E-state index contributed by atoms with van der Waals surface area (Å²) in [6.45, 7) is 4.86. The maximum atomic E-state index is 12.9. The van der Waals surface area contributed by atoms with Crippen molar-refractivity contribution in [3.05, 3.63) is 58.3 Å². The van der Waals surface area contributed by atoms with Crippen molar-refractivity contribution in [2.75, 3.05) is 44.3 Å². The summed E-state index contributed by atoms with van der Waals surface area (Å²) >= 11 is 12.6. The number of nitrogens with one attached hydrogen (secondary N) is 1. The van der Waals surface area contributed by atoms with Crippen molar-refractivity contribution < 1.29 is 14.3 Å². The number of benzene rings is 1. The Morgan fingerprint density at radius 3 is 2.56 bits per heavy atom. The van der Waals surface area contributed by atoms with Crippen molar-refractivity contribution in [3.8, 4) is 17.1 Å². The smallest absolute Gasteiger partial charge is 0.246 e. The number of carbonyl (C=O) groups excluding carboxylic acids is 1. The Labute approximate surface area is 234 Å². The second-order valence-corrected chi connectivity index (χ2v) is 10.6.